The summed E-state index contributed by atoms with van der Waals surface area (Å²) in [7, 11) is 0. The number of hydrogen-bond acceptors (Lipinski definition) is 4. The van der Waals surface area contributed by atoms with Crippen LogP contribution in [0.15, 0.2) is 26.9 Å². The maximum atomic E-state index is 12.2. The van der Waals surface area contributed by atoms with Crippen LogP contribution in [0.3, 0.4) is 0 Å². The van der Waals surface area contributed by atoms with E-state index >= 15 is 0 Å². The monoisotopic (exact) mass is 353 g/mol. The third-order valence-corrected chi connectivity index (χ3v) is 5.31. The van der Waals surface area contributed by atoms with Crippen LogP contribution >= 0.6 is 27.3 Å². The fourth-order valence-corrected chi connectivity index (χ4v) is 3.32. The minimum Gasteiger partial charge on any atom is -0.378 e. The lowest BCUT2D eigenvalue weighted by molar-refractivity contribution is 0.532. The molecule has 1 aliphatic carbocycles. The Bertz CT molecular complexity index is 675. The molecule has 1 aliphatic rings. The molecule has 1 fully saturated rings. The lowest BCUT2D eigenvalue weighted by Gasteiger charge is -2.10. The highest BCUT2D eigenvalue weighted by molar-refractivity contribution is 9.10. The van der Waals surface area contributed by atoms with Crippen molar-refractivity contribution in [1.29, 1.82) is 0 Å². The van der Waals surface area contributed by atoms with E-state index in [1.54, 1.807) is 22.2 Å². The summed E-state index contributed by atoms with van der Waals surface area (Å²) in [6.45, 7) is 3.55. The molecule has 1 saturated carbocycles. The molecule has 0 aromatic carbocycles. The van der Waals surface area contributed by atoms with Crippen molar-refractivity contribution in [3.8, 4) is 0 Å². The van der Waals surface area contributed by atoms with E-state index in [0.717, 1.165) is 18.8 Å². The summed E-state index contributed by atoms with van der Waals surface area (Å²) in [5.41, 5.74) is 1.98. The average molecular weight is 354 g/mol. The summed E-state index contributed by atoms with van der Waals surface area (Å²) in [5.74, 6) is 0.639. The Kier molecular flexibility index (Phi) is 3.94. The smallest absolute Gasteiger partial charge is 0.283 e. The summed E-state index contributed by atoms with van der Waals surface area (Å²) in [4.78, 5) is 13.5. The third kappa shape index (κ3) is 2.96. The minimum absolute atomic E-state index is 0.0511. The first-order valence-corrected chi connectivity index (χ1v) is 8.35. The quantitative estimate of drug-likeness (QED) is 0.895. The topological polar surface area (TPSA) is 46.9 Å². The molecule has 0 aliphatic heterocycles. The second kappa shape index (κ2) is 5.69. The normalized spacial score (nSPS) is 14.5. The Morgan fingerprint density at radius 2 is 2.35 bits per heavy atom. The van der Waals surface area contributed by atoms with Crippen molar-refractivity contribution in [3.05, 3.63) is 42.9 Å². The summed E-state index contributed by atoms with van der Waals surface area (Å²) in [6, 6.07) is 2.10. The molecule has 106 valence electrons. The van der Waals surface area contributed by atoms with Gasteiger partial charge in [0.15, 0.2) is 0 Å². The first-order chi connectivity index (χ1) is 9.65. The zero-order valence-corrected chi connectivity index (χ0v) is 13.6. The molecule has 0 saturated heterocycles. The van der Waals surface area contributed by atoms with E-state index in [9.17, 15) is 4.79 Å². The molecule has 20 heavy (non-hydrogen) atoms. The first kappa shape index (κ1) is 13.8. The van der Waals surface area contributed by atoms with E-state index in [4.69, 9.17) is 0 Å². The molecule has 0 spiro atoms. The van der Waals surface area contributed by atoms with Crippen molar-refractivity contribution in [2.75, 3.05) is 5.32 Å². The van der Waals surface area contributed by atoms with Gasteiger partial charge in [-0.25, -0.2) is 4.68 Å². The summed E-state index contributed by atoms with van der Waals surface area (Å²) < 4.78 is 2.13. The van der Waals surface area contributed by atoms with Crippen molar-refractivity contribution in [2.45, 2.75) is 32.9 Å². The van der Waals surface area contributed by atoms with Gasteiger partial charge >= 0.3 is 0 Å². The van der Waals surface area contributed by atoms with Gasteiger partial charge < -0.3 is 5.32 Å². The number of hydrogen-bond donors (Lipinski definition) is 1. The number of nitrogens with zero attached hydrogens (tertiary/aromatic N) is 2. The summed E-state index contributed by atoms with van der Waals surface area (Å²) in [6.07, 6.45) is 4.16. The largest absolute Gasteiger partial charge is 0.378 e. The maximum Gasteiger partial charge on any atom is 0.283 e. The van der Waals surface area contributed by atoms with E-state index in [0.29, 0.717) is 10.4 Å². The van der Waals surface area contributed by atoms with E-state index in [2.05, 4.69) is 44.7 Å². The third-order valence-electron chi connectivity index (χ3n) is 3.52. The summed E-state index contributed by atoms with van der Waals surface area (Å²) in [5, 5.41) is 9.61. The van der Waals surface area contributed by atoms with Gasteiger partial charge in [0.1, 0.15) is 4.47 Å². The number of thiophene rings is 1. The standard InChI is InChI=1S/C14H16BrN3OS/c1-9-4-5-20-12(9)7-16-11-6-17-18(8-10-2-3-10)14(19)13(11)15/h4-6,10,16H,2-3,7-8H2,1H3. The van der Waals surface area contributed by atoms with Crippen LogP contribution in [-0.4, -0.2) is 9.78 Å². The predicted octanol–water partition coefficient (Wildman–Crippen LogP) is 3.40. The van der Waals surface area contributed by atoms with Crippen LogP contribution in [-0.2, 0) is 13.1 Å². The molecule has 2 aromatic heterocycles. The maximum absolute atomic E-state index is 12.2. The van der Waals surface area contributed by atoms with E-state index in [1.807, 2.05) is 0 Å². The number of rotatable bonds is 5. The zero-order chi connectivity index (χ0) is 14.1. The lowest BCUT2D eigenvalue weighted by atomic mass is 10.3. The predicted molar refractivity (Wildman–Crippen MR) is 85.3 cm³/mol. The summed E-state index contributed by atoms with van der Waals surface area (Å²) >= 11 is 5.11. The van der Waals surface area contributed by atoms with Gasteiger partial charge in [0.2, 0.25) is 0 Å². The number of anilines is 1. The molecule has 2 aromatic rings. The number of halogens is 1. The Balaban J connectivity index is 1.75. The molecule has 0 atom stereocenters. The van der Waals surface area contributed by atoms with Crippen LogP contribution in [0.4, 0.5) is 5.69 Å². The van der Waals surface area contributed by atoms with E-state index in [-0.39, 0.29) is 5.56 Å². The van der Waals surface area contributed by atoms with Gasteiger partial charge in [-0.1, -0.05) is 0 Å². The van der Waals surface area contributed by atoms with Crippen LogP contribution < -0.4 is 10.9 Å². The van der Waals surface area contributed by atoms with Crippen molar-refractivity contribution in [3.63, 3.8) is 0 Å². The lowest BCUT2D eigenvalue weighted by Crippen LogP contribution is -2.25. The highest BCUT2D eigenvalue weighted by Crippen LogP contribution is 2.30. The second-order valence-electron chi connectivity index (χ2n) is 5.18. The Morgan fingerprint density at radius 1 is 1.55 bits per heavy atom. The molecule has 1 N–H and O–H groups in total. The molecular weight excluding hydrogens is 338 g/mol. The molecule has 0 radical (unpaired) electrons. The molecule has 0 amide bonds. The van der Waals surface area contributed by atoms with Gasteiger partial charge in [0.25, 0.3) is 5.56 Å². The van der Waals surface area contributed by atoms with Crippen molar-refractivity contribution < 1.29 is 0 Å². The van der Waals surface area contributed by atoms with Gasteiger partial charge in [-0.3, -0.25) is 4.79 Å². The minimum atomic E-state index is -0.0511. The van der Waals surface area contributed by atoms with Gasteiger partial charge in [-0.2, -0.15) is 5.10 Å². The fraction of sp³-hybridized carbons (Fsp3) is 0.429. The number of aromatic nitrogens is 2. The van der Waals surface area contributed by atoms with E-state index in [1.165, 1.54) is 23.3 Å². The van der Waals surface area contributed by atoms with Gasteiger partial charge in [-0.15, -0.1) is 11.3 Å². The van der Waals surface area contributed by atoms with Gasteiger partial charge in [0.05, 0.1) is 11.9 Å². The molecule has 6 heteroatoms. The molecule has 0 bridgehead atoms. The van der Waals surface area contributed by atoms with Crippen molar-refractivity contribution >= 4 is 33.0 Å². The average Bonchev–Trinajstić information content (AvgIpc) is 3.16. The molecular formula is C14H16BrN3OS. The van der Waals surface area contributed by atoms with Crippen LogP contribution in [0.1, 0.15) is 23.3 Å². The highest BCUT2D eigenvalue weighted by atomic mass is 79.9. The Hall–Kier alpha value is -1.14. The molecule has 3 rings (SSSR count). The van der Waals surface area contributed by atoms with Crippen LogP contribution in [0.5, 0.6) is 0 Å². The van der Waals surface area contributed by atoms with E-state index < -0.39 is 0 Å². The SMILES string of the molecule is Cc1ccsc1CNc1cnn(CC2CC2)c(=O)c1Br. The first-order valence-electron chi connectivity index (χ1n) is 6.67. The number of aryl methyl sites for hydroxylation is 1. The Labute approximate surface area is 130 Å². The van der Waals surface area contributed by atoms with Gasteiger partial charge in [0, 0.05) is 18.0 Å². The Morgan fingerprint density at radius 3 is 3.00 bits per heavy atom. The van der Waals surface area contributed by atoms with Crippen LogP contribution in [0, 0.1) is 12.8 Å². The van der Waals surface area contributed by atoms with Crippen molar-refractivity contribution in [2.24, 2.45) is 5.92 Å². The van der Waals surface area contributed by atoms with Gasteiger partial charge in [-0.05, 0) is 58.6 Å². The fourth-order valence-electron chi connectivity index (χ4n) is 2.02. The van der Waals surface area contributed by atoms with Crippen molar-refractivity contribution in [1.82, 2.24) is 9.78 Å². The highest BCUT2D eigenvalue weighted by Gasteiger charge is 2.23. The van der Waals surface area contributed by atoms with Crippen LogP contribution in [0.2, 0.25) is 0 Å². The molecule has 4 nitrogen and oxygen atoms in total. The zero-order valence-electron chi connectivity index (χ0n) is 11.2. The number of nitrogens with one attached hydrogen (secondary N) is 1. The van der Waals surface area contributed by atoms with Crippen LogP contribution in [0.25, 0.3) is 0 Å². The molecule has 2 heterocycles. The molecule has 0 unspecified atom stereocenters. The second-order valence-corrected chi connectivity index (χ2v) is 6.98.